The van der Waals surface area contributed by atoms with Gasteiger partial charge in [-0.1, -0.05) is 60.2 Å². The first-order valence-corrected chi connectivity index (χ1v) is 7.02. The van der Waals surface area contributed by atoms with Gasteiger partial charge in [0, 0.05) is 0 Å². The number of imidazole rings is 1. The van der Waals surface area contributed by atoms with E-state index in [1.54, 1.807) is 12.3 Å². The average Bonchev–Trinajstić information content (AvgIpc) is 2.91. The molecule has 0 spiro atoms. The van der Waals surface area contributed by atoms with Crippen LogP contribution in [0.3, 0.4) is 0 Å². The number of hydrogen-bond donors (Lipinski definition) is 0. The van der Waals surface area contributed by atoms with Gasteiger partial charge in [-0.15, -0.1) is 4.99 Å². The number of aryl methyl sites for hydroxylation is 1. The van der Waals surface area contributed by atoms with E-state index in [0.29, 0.717) is 12.5 Å². The average molecular weight is 289 g/mol. The van der Waals surface area contributed by atoms with E-state index in [0.717, 1.165) is 16.8 Å². The van der Waals surface area contributed by atoms with E-state index in [-0.39, 0.29) is 0 Å². The Hall–Kier alpha value is -2.97. The van der Waals surface area contributed by atoms with Crippen LogP contribution >= 0.6 is 0 Å². The summed E-state index contributed by atoms with van der Waals surface area (Å²) < 4.78 is 1.93. The van der Waals surface area contributed by atoms with Crippen molar-refractivity contribution in [2.24, 2.45) is 4.99 Å². The van der Waals surface area contributed by atoms with E-state index in [9.17, 15) is 4.79 Å². The molecule has 0 saturated carbocycles. The lowest BCUT2D eigenvalue weighted by atomic mass is 10.1. The van der Waals surface area contributed by atoms with Crippen molar-refractivity contribution in [1.29, 1.82) is 0 Å². The maximum Gasteiger partial charge on any atom is 0.243 e. The second-order valence-corrected chi connectivity index (χ2v) is 5.09. The summed E-state index contributed by atoms with van der Waals surface area (Å²) in [5.41, 5.74) is 4.29. The summed E-state index contributed by atoms with van der Waals surface area (Å²) >= 11 is 0. The molecule has 22 heavy (non-hydrogen) atoms. The van der Waals surface area contributed by atoms with Crippen LogP contribution in [0.25, 0.3) is 11.3 Å². The summed E-state index contributed by atoms with van der Waals surface area (Å²) in [6.07, 6.45) is 3.32. The summed E-state index contributed by atoms with van der Waals surface area (Å²) in [7, 11) is 0. The molecular weight excluding hydrogens is 274 g/mol. The number of benzene rings is 2. The maximum absolute atomic E-state index is 10.6. The van der Waals surface area contributed by atoms with Gasteiger partial charge in [0.1, 0.15) is 0 Å². The van der Waals surface area contributed by atoms with Crippen molar-refractivity contribution in [1.82, 2.24) is 9.55 Å². The summed E-state index contributed by atoms with van der Waals surface area (Å²) in [6, 6.07) is 18.2. The Balaban J connectivity index is 2.07. The molecule has 0 N–H and O–H groups in total. The van der Waals surface area contributed by atoms with Crippen molar-refractivity contribution in [3.63, 3.8) is 0 Å². The quantitative estimate of drug-likeness (QED) is 0.540. The minimum absolute atomic E-state index is 0.371. The van der Waals surface area contributed by atoms with E-state index >= 15 is 0 Å². The van der Waals surface area contributed by atoms with Crippen LogP contribution in [-0.4, -0.2) is 15.6 Å². The third-order valence-electron chi connectivity index (χ3n) is 3.47. The third-order valence-corrected chi connectivity index (χ3v) is 3.47. The van der Waals surface area contributed by atoms with Gasteiger partial charge in [-0.2, -0.15) is 0 Å². The molecule has 0 bridgehead atoms. The standard InChI is InChI=1S/C18H15N3O/c1-14-6-5-7-15(10-14)12-21-17(11-19-18(21)20-13-22)16-8-3-2-4-9-16/h2-11H,12H2,1H3. The van der Waals surface area contributed by atoms with Crippen molar-refractivity contribution >= 4 is 12.0 Å². The van der Waals surface area contributed by atoms with Crippen molar-refractivity contribution < 1.29 is 4.79 Å². The van der Waals surface area contributed by atoms with Crippen LogP contribution in [0.4, 0.5) is 5.95 Å². The third kappa shape index (κ3) is 2.87. The molecule has 0 amide bonds. The lowest BCUT2D eigenvalue weighted by Crippen LogP contribution is -2.01. The van der Waals surface area contributed by atoms with E-state index in [1.165, 1.54) is 5.56 Å². The Morgan fingerprint density at radius 1 is 1.14 bits per heavy atom. The van der Waals surface area contributed by atoms with Gasteiger partial charge in [-0.25, -0.2) is 9.78 Å². The molecule has 1 aromatic heterocycles. The van der Waals surface area contributed by atoms with Gasteiger partial charge in [0.05, 0.1) is 18.4 Å². The number of aliphatic imine (C=N–C) groups is 1. The van der Waals surface area contributed by atoms with Crippen LogP contribution in [-0.2, 0) is 11.3 Å². The van der Waals surface area contributed by atoms with E-state index in [2.05, 4.69) is 35.1 Å². The predicted molar refractivity (Wildman–Crippen MR) is 85.7 cm³/mol. The summed E-state index contributed by atoms with van der Waals surface area (Å²) in [4.78, 5) is 18.6. The van der Waals surface area contributed by atoms with Gasteiger partial charge in [-0.3, -0.25) is 0 Å². The molecule has 0 fully saturated rings. The van der Waals surface area contributed by atoms with Crippen LogP contribution in [0.1, 0.15) is 11.1 Å². The lowest BCUT2D eigenvalue weighted by Gasteiger charge is -2.10. The van der Waals surface area contributed by atoms with E-state index in [4.69, 9.17) is 0 Å². The number of isocyanates is 1. The normalized spacial score (nSPS) is 10.2. The van der Waals surface area contributed by atoms with Gasteiger partial charge in [-0.05, 0) is 18.1 Å². The summed E-state index contributed by atoms with van der Waals surface area (Å²) in [6.45, 7) is 2.66. The topological polar surface area (TPSA) is 47.2 Å². The van der Waals surface area contributed by atoms with E-state index in [1.807, 2.05) is 41.0 Å². The van der Waals surface area contributed by atoms with E-state index < -0.39 is 0 Å². The Labute approximate surface area is 128 Å². The fraction of sp³-hybridized carbons (Fsp3) is 0.111. The molecule has 3 rings (SSSR count). The molecule has 0 aliphatic heterocycles. The SMILES string of the molecule is Cc1cccc(Cn2c(-c3ccccc3)cnc2N=C=O)c1. The number of nitrogens with zero attached hydrogens (tertiary/aromatic N) is 3. The Morgan fingerprint density at radius 3 is 2.68 bits per heavy atom. The van der Waals surface area contributed by atoms with Crippen molar-refractivity contribution in [3.05, 3.63) is 71.9 Å². The fourth-order valence-electron chi connectivity index (χ4n) is 2.48. The molecule has 4 heteroatoms. The first kappa shape index (κ1) is 14.0. The Kier molecular flexibility index (Phi) is 3.95. The fourth-order valence-corrected chi connectivity index (χ4v) is 2.48. The molecule has 4 nitrogen and oxygen atoms in total. The number of carbonyl (C=O) groups excluding carboxylic acids is 1. The van der Waals surface area contributed by atoms with Crippen LogP contribution in [0.5, 0.6) is 0 Å². The second-order valence-electron chi connectivity index (χ2n) is 5.09. The van der Waals surface area contributed by atoms with Gasteiger partial charge >= 0.3 is 0 Å². The van der Waals surface area contributed by atoms with Gasteiger partial charge < -0.3 is 4.57 Å². The molecule has 0 atom stereocenters. The molecule has 108 valence electrons. The number of aromatic nitrogens is 2. The van der Waals surface area contributed by atoms with Crippen LogP contribution in [0.2, 0.25) is 0 Å². The minimum Gasteiger partial charge on any atom is -0.303 e. The zero-order chi connectivity index (χ0) is 15.4. The zero-order valence-electron chi connectivity index (χ0n) is 12.2. The van der Waals surface area contributed by atoms with Crippen molar-refractivity contribution in [2.75, 3.05) is 0 Å². The molecule has 0 unspecified atom stereocenters. The highest BCUT2D eigenvalue weighted by atomic mass is 16.1. The molecule has 1 heterocycles. The molecule has 0 saturated heterocycles. The predicted octanol–water partition coefficient (Wildman–Crippen LogP) is 3.87. The highest BCUT2D eigenvalue weighted by Gasteiger charge is 2.11. The first-order valence-electron chi connectivity index (χ1n) is 7.02. The Morgan fingerprint density at radius 2 is 1.95 bits per heavy atom. The zero-order valence-corrected chi connectivity index (χ0v) is 12.2. The van der Waals surface area contributed by atoms with Crippen LogP contribution in [0, 0.1) is 6.92 Å². The number of rotatable bonds is 4. The van der Waals surface area contributed by atoms with Crippen molar-refractivity contribution in [3.8, 4) is 11.3 Å². The summed E-state index contributed by atoms with van der Waals surface area (Å²) in [5.74, 6) is 0.371. The molecule has 0 radical (unpaired) electrons. The molecule has 0 aliphatic rings. The van der Waals surface area contributed by atoms with Gasteiger partial charge in [0.2, 0.25) is 12.0 Å². The van der Waals surface area contributed by atoms with Gasteiger partial charge in [0.25, 0.3) is 0 Å². The smallest absolute Gasteiger partial charge is 0.243 e. The molecule has 2 aromatic carbocycles. The highest BCUT2D eigenvalue weighted by Crippen LogP contribution is 2.25. The first-order chi connectivity index (χ1) is 10.8. The minimum atomic E-state index is 0.371. The monoisotopic (exact) mass is 289 g/mol. The Bertz CT molecular complexity index is 831. The molecule has 0 aliphatic carbocycles. The lowest BCUT2D eigenvalue weighted by molar-refractivity contribution is 0.564. The maximum atomic E-state index is 10.6. The second kappa shape index (κ2) is 6.20. The van der Waals surface area contributed by atoms with Crippen LogP contribution < -0.4 is 0 Å². The number of hydrogen-bond acceptors (Lipinski definition) is 3. The van der Waals surface area contributed by atoms with Crippen LogP contribution in [0.15, 0.2) is 65.8 Å². The largest absolute Gasteiger partial charge is 0.303 e. The highest BCUT2D eigenvalue weighted by molar-refractivity contribution is 5.62. The molecular formula is C18H15N3O. The summed E-state index contributed by atoms with van der Waals surface area (Å²) in [5, 5.41) is 0. The molecule has 3 aromatic rings. The van der Waals surface area contributed by atoms with Crippen molar-refractivity contribution in [2.45, 2.75) is 13.5 Å². The van der Waals surface area contributed by atoms with Gasteiger partial charge in [0.15, 0.2) is 0 Å².